The molecule has 1 aliphatic rings. The maximum absolute atomic E-state index is 12.8. The number of thiophene rings is 1. The van der Waals surface area contributed by atoms with E-state index in [1.165, 1.54) is 11.3 Å². The molecule has 0 aliphatic carbocycles. The van der Waals surface area contributed by atoms with E-state index in [4.69, 9.17) is 4.74 Å². The lowest BCUT2D eigenvalue weighted by Crippen LogP contribution is -2.33. The Balaban J connectivity index is 1.53. The molecule has 0 unspecified atom stereocenters. The van der Waals surface area contributed by atoms with Crippen LogP contribution in [0.3, 0.4) is 0 Å². The molecule has 1 aliphatic heterocycles. The molecule has 0 spiro atoms. The number of aromatic nitrogens is 1. The van der Waals surface area contributed by atoms with Gasteiger partial charge in [0, 0.05) is 6.20 Å². The van der Waals surface area contributed by atoms with Crippen molar-refractivity contribution in [3.63, 3.8) is 0 Å². The Morgan fingerprint density at radius 3 is 2.54 bits per heavy atom. The highest BCUT2D eigenvalue weighted by molar-refractivity contribution is 7.19. The van der Waals surface area contributed by atoms with E-state index in [1.807, 2.05) is 60.7 Å². The van der Waals surface area contributed by atoms with Gasteiger partial charge in [0.25, 0.3) is 0 Å². The summed E-state index contributed by atoms with van der Waals surface area (Å²) in [6.45, 7) is -0.137. The number of urea groups is 1. The lowest BCUT2D eigenvalue weighted by molar-refractivity contribution is 0.258. The van der Waals surface area contributed by atoms with Crippen molar-refractivity contribution in [2.75, 3.05) is 10.2 Å². The number of aliphatic hydroxyl groups is 1. The molecule has 0 saturated heterocycles. The Bertz CT molecular complexity index is 1170. The number of amides is 2. The van der Waals surface area contributed by atoms with Gasteiger partial charge >= 0.3 is 6.03 Å². The molecule has 0 fully saturated rings. The topological polar surface area (TPSA) is 74.7 Å². The van der Waals surface area contributed by atoms with Crippen LogP contribution in [0.2, 0.25) is 0 Å². The minimum Gasteiger partial charge on any atom is -0.457 e. The lowest BCUT2D eigenvalue weighted by Gasteiger charge is -2.28. The SMILES string of the molecule is O=C1Nc2c(CO)sc3nccc(c23)N1c1ccc(Oc2ccccc2)cc1. The van der Waals surface area contributed by atoms with Crippen LogP contribution in [0.25, 0.3) is 10.2 Å². The monoisotopic (exact) mass is 389 g/mol. The van der Waals surface area contributed by atoms with Gasteiger partial charge in [-0.1, -0.05) is 18.2 Å². The Kier molecular flexibility index (Phi) is 3.96. The zero-order valence-electron chi connectivity index (χ0n) is 14.6. The molecule has 2 aromatic carbocycles. The van der Waals surface area contributed by atoms with Gasteiger partial charge in [-0.15, -0.1) is 11.3 Å². The van der Waals surface area contributed by atoms with Crippen molar-refractivity contribution in [2.45, 2.75) is 6.61 Å². The zero-order valence-corrected chi connectivity index (χ0v) is 15.4. The summed E-state index contributed by atoms with van der Waals surface area (Å²) in [7, 11) is 0. The van der Waals surface area contributed by atoms with Gasteiger partial charge in [0.2, 0.25) is 0 Å². The average molecular weight is 389 g/mol. The van der Waals surface area contributed by atoms with Crippen LogP contribution in [0.4, 0.5) is 21.9 Å². The number of nitrogens with zero attached hydrogens (tertiary/aromatic N) is 2. The van der Waals surface area contributed by atoms with Gasteiger partial charge in [0.05, 0.1) is 33.9 Å². The smallest absolute Gasteiger partial charge is 0.331 e. The van der Waals surface area contributed by atoms with Crippen LogP contribution in [-0.4, -0.2) is 16.1 Å². The molecule has 2 N–H and O–H groups in total. The van der Waals surface area contributed by atoms with Crippen LogP contribution < -0.4 is 15.0 Å². The molecule has 7 heteroatoms. The maximum Gasteiger partial charge on any atom is 0.331 e. The standard InChI is InChI=1S/C21H15N3O3S/c25-12-17-19-18-16(10-11-22-20(18)28-17)24(21(26)23-19)13-6-8-15(9-7-13)27-14-4-2-1-3-5-14/h1-11,25H,12H2,(H,23,26). The van der Waals surface area contributed by atoms with E-state index in [1.54, 1.807) is 11.1 Å². The van der Waals surface area contributed by atoms with Gasteiger partial charge in [-0.25, -0.2) is 9.78 Å². The summed E-state index contributed by atoms with van der Waals surface area (Å²) in [5, 5.41) is 13.3. The average Bonchev–Trinajstić information content (AvgIpc) is 3.09. The molecule has 2 aromatic heterocycles. The molecule has 28 heavy (non-hydrogen) atoms. The highest BCUT2D eigenvalue weighted by Gasteiger charge is 2.30. The molecule has 6 nitrogen and oxygen atoms in total. The number of para-hydroxylation sites is 1. The van der Waals surface area contributed by atoms with E-state index in [2.05, 4.69) is 10.3 Å². The highest BCUT2D eigenvalue weighted by atomic mass is 32.1. The van der Waals surface area contributed by atoms with Crippen LogP contribution in [0.15, 0.2) is 66.9 Å². The number of benzene rings is 2. The molecule has 0 radical (unpaired) electrons. The Labute approximate surface area is 164 Å². The molecular formula is C21H15N3O3S. The second-order valence-corrected chi connectivity index (χ2v) is 7.33. The van der Waals surface area contributed by atoms with Crippen LogP contribution in [0.1, 0.15) is 4.88 Å². The number of hydrogen-bond acceptors (Lipinski definition) is 5. The number of hydrogen-bond donors (Lipinski definition) is 2. The first-order chi connectivity index (χ1) is 13.7. The number of carbonyl (C=O) groups is 1. The summed E-state index contributed by atoms with van der Waals surface area (Å²) < 4.78 is 5.82. The summed E-state index contributed by atoms with van der Waals surface area (Å²) in [6.07, 6.45) is 1.68. The van der Waals surface area contributed by atoms with Crippen molar-refractivity contribution in [1.29, 1.82) is 0 Å². The van der Waals surface area contributed by atoms with E-state index >= 15 is 0 Å². The molecule has 3 heterocycles. The molecule has 0 atom stereocenters. The van der Waals surface area contributed by atoms with Crippen molar-refractivity contribution in [3.8, 4) is 11.5 Å². The molecule has 5 rings (SSSR count). The zero-order chi connectivity index (χ0) is 19.1. The second-order valence-electron chi connectivity index (χ2n) is 6.24. The quantitative estimate of drug-likeness (QED) is 0.499. The molecule has 2 amide bonds. The minimum atomic E-state index is -0.273. The van der Waals surface area contributed by atoms with E-state index in [-0.39, 0.29) is 12.6 Å². The predicted octanol–water partition coefficient (Wildman–Crippen LogP) is 5.26. The third kappa shape index (κ3) is 2.69. The van der Waals surface area contributed by atoms with Crippen molar-refractivity contribution < 1.29 is 14.6 Å². The van der Waals surface area contributed by atoms with Gasteiger partial charge in [-0.05, 0) is 42.5 Å². The first-order valence-electron chi connectivity index (χ1n) is 8.70. The summed E-state index contributed by atoms with van der Waals surface area (Å²) in [6, 6.07) is 18.4. The lowest BCUT2D eigenvalue weighted by atomic mass is 10.1. The molecule has 4 aromatic rings. The van der Waals surface area contributed by atoms with Gasteiger partial charge in [-0.3, -0.25) is 4.90 Å². The Hall–Kier alpha value is -3.42. The van der Waals surface area contributed by atoms with Crippen LogP contribution >= 0.6 is 11.3 Å². The van der Waals surface area contributed by atoms with Gasteiger partial charge in [0.1, 0.15) is 16.3 Å². The fourth-order valence-corrected chi connectivity index (χ4v) is 4.27. The van der Waals surface area contributed by atoms with Crippen molar-refractivity contribution >= 4 is 44.6 Å². The van der Waals surface area contributed by atoms with Crippen LogP contribution in [0, 0.1) is 0 Å². The fourth-order valence-electron chi connectivity index (χ4n) is 3.30. The number of anilines is 3. The van der Waals surface area contributed by atoms with E-state index < -0.39 is 0 Å². The van der Waals surface area contributed by atoms with Crippen molar-refractivity contribution in [3.05, 3.63) is 71.7 Å². The largest absolute Gasteiger partial charge is 0.457 e. The molecule has 0 saturated carbocycles. The van der Waals surface area contributed by atoms with Crippen LogP contribution in [-0.2, 0) is 6.61 Å². The summed E-state index contributed by atoms with van der Waals surface area (Å²) in [5.74, 6) is 1.44. The van der Waals surface area contributed by atoms with Crippen molar-refractivity contribution in [2.24, 2.45) is 0 Å². The number of aliphatic hydroxyl groups excluding tert-OH is 1. The van der Waals surface area contributed by atoms with E-state index in [9.17, 15) is 9.90 Å². The number of carbonyl (C=O) groups excluding carboxylic acids is 1. The van der Waals surface area contributed by atoms with Gasteiger partial charge < -0.3 is 15.2 Å². The predicted molar refractivity (Wildman–Crippen MR) is 110 cm³/mol. The molecular weight excluding hydrogens is 374 g/mol. The summed E-state index contributed by atoms with van der Waals surface area (Å²) in [4.78, 5) is 20.3. The summed E-state index contributed by atoms with van der Waals surface area (Å²) >= 11 is 1.38. The van der Waals surface area contributed by atoms with E-state index in [0.29, 0.717) is 22.0 Å². The molecule has 138 valence electrons. The number of rotatable bonds is 4. The van der Waals surface area contributed by atoms with E-state index in [0.717, 1.165) is 21.7 Å². The number of nitrogens with one attached hydrogen (secondary N) is 1. The maximum atomic E-state index is 12.8. The number of pyridine rings is 1. The Morgan fingerprint density at radius 2 is 1.79 bits per heavy atom. The highest BCUT2D eigenvalue weighted by Crippen LogP contribution is 2.45. The normalized spacial score (nSPS) is 12.9. The summed E-state index contributed by atoms with van der Waals surface area (Å²) in [5.41, 5.74) is 2.11. The Morgan fingerprint density at radius 1 is 1.04 bits per heavy atom. The third-order valence-electron chi connectivity index (χ3n) is 4.54. The second kappa shape index (κ2) is 6.63. The minimum absolute atomic E-state index is 0.137. The fraction of sp³-hybridized carbons (Fsp3) is 0.0476. The van der Waals surface area contributed by atoms with Crippen LogP contribution in [0.5, 0.6) is 11.5 Å². The van der Waals surface area contributed by atoms with Gasteiger partial charge in [-0.2, -0.15) is 0 Å². The molecule has 0 bridgehead atoms. The third-order valence-corrected chi connectivity index (χ3v) is 5.62. The first kappa shape index (κ1) is 16.7. The first-order valence-corrected chi connectivity index (χ1v) is 9.51. The number of ether oxygens (including phenoxy) is 1. The van der Waals surface area contributed by atoms with Gasteiger partial charge in [0.15, 0.2) is 0 Å². The van der Waals surface area contributed by atoms with Crippen molar-refractivity contribution in [1.82, 2.24) is 4.98 Å².